The number of amides is 4. The van der Waals surface area contributed by atoms with Crippen LogP contribution >= 0.6 is 11.3 Å². The number of carbonyl (C=O) groups excluding carboxylic acids is 4. The van der Waals surface area contributed by atoms with Gasteiger partial charge in [-0.2, -0.15) is 0 Å². The van der Waals surface area contributed by atoms with Crippen molar-refractivity contribution in [2.24, 2.45) is 5.41 Å². The number of benzene rings is 4. The van der Waals surface area contributed by atoms with Gasteiger partial charge in [0.05, 0.1) is 55.5 Å². The smallest absolute Gasteiger partial charge is 0.246 e. The molecule has 5 aromatic rings. The number of carbonyl (C=O) groups is 4. The van der Waals surface area contributed by atoms with E-state index >= 15 is 0 Å². The summed E-state index contributed by atoms with van der Waals surface area (Å²) in [5.41, 5.74) is 9.71. The molecule has 0 bridgehead atoms. The van der Waals surface area contributed by atoms with Gasteiger partial charge in [-0.25, -0.2) is 4.98 Å². The summed E-state index contributed by atoms with van der Waals surface area (Å²) in [5, 5.41) is 15.9. The number of likely N-dealkylation sites (N-methyl/N-ethyl adjacent to an activating group) is 1. The van der Waals surface area contributed by atoms with Crippen molar-refractivity contribution in [2.75, 3.05) is 53.2 Å². The Morgan fingerprint density at radius 1 is 0.841 bits per heavy atom. The van der Waals surface area contributed by atoms with Gasteiger partial charge >= 0.3 is 0 Å². The number of phenols is 1. The number of aryl methyl sites for hydroxylation is 1. The Labute approximate surface area is 410 Å². The molecule has 0 radical (unpaired) electrons. The van der Waals surface area contributed by atoms with Gasteiger partial charge in [0, 0.05) is 26.6 Å². The maximum absolute atomic E-state index is 13.9. The molecule has 1 saturated heterocycles. The minimum atomic E-state index is -0.827. The Hall–Kier alpha value is -6.35. The standard InChI is InChI=1S/C55H67N5O8S/c1-7-46(40-12-9-8-10-13-40)50(41-19-23-44(61)24-20-41)42-21-25-45(26-22-42)68-33-30-59(6)49(63)28-32-67-35-34-66-31-27-48(62)58-52(55(3,4)5)54(65)60-29-11-14-47(60)53(64)56-36-39-15-17-43(18-16-39)51-38(2)57-37-69-51/h8-10,12-13,15-26,37,47,52,61H,7,11,14,27-36H2,1-6H3,(H,56,64)(H,58,62)/b50-46-/t47-,52?/m0/s1. The van der Waals surface area contributed by atoms with E-state index in [0.29, 0.717) is 44.8 Å². The molecule has 69 heavy (non-hydrogen) atoms. The topological polar surface area (TPSA) is 160 Å². The number of nitrogens with one attached hydrogen (secondary N) is 2. The summed E-state index contributed by atoms with van der Waals surface area (Å²) in [5.74, 6) is 0.0337. The molecule has 6 rings (SSSR count). The molecule has 1 aliphatic rings. The Bertz CT molecular complexity index is 2480. The molecule has 3 N–H and O–H groups in total. The van der Waals surface area contributed by atoms with E-state index in [-0.39, 0.29) is 68.6 Å². The van der Waals surface area contributed by atoms with Gasteiger partial charge in [0.25, 0.3) is 0 Å². The molecule has 2 heterocycles. The fraction of sp³-hybridized carbons (Fsp3) is 0.400. The van der Waals surface area contributed by atoms with Crippen LogP contribution in [0.2, 0.25) is 0 Å². The normalized spacial score (nSPS) is 14.5. The molecule has 0 spiro atoms. The third-order valence-electron chi connectivity index (χ3n) is 12.2. The highest BCUT2D eigenvalue weighted by atomic mass is 32.1. The molecule has 4 aromatic carbocycles. The van der Waals surface area contributed by atoms with Crippen LogP contribution in [0.25, 0.3) is 21.6 Å². The fourth-order valence-electron chi connectivity index (χ4n) is 8.30. The van der Waals surface area contributed by atoms with E-state index < -0.39 is 17.5 Å². The fourth-order valence-corrected chi connectivity index (χ4v) is 9.11. The predicted molar refractivity (Wildman–Crippen MR) is 271 cm³/mol. The number of thiazole rings is 1. The van der Waals surface area contributed by atoms with E-state index in [4.69, 9.17) is 14.2 Å². The molecule has 0 aliphatic carbocycles. The first-order valence-corrected chi connectivity index (χ1v) is 24.7. The Morgan fingerprint density at radius 3 is 2.12 bits per heavy atom. The van der Waals surface area contributed by atoms with E-state index in [1.165, 1.54) is 5.57 Å². The van der Waals surface area contributed by atoms with Gasteiger partial charge in [-0.05, 0) is 94.8 Å². The third-order valence-corrected chi connectivity index (χ3v) is 13.2. The van der Waals surface area contributed by atoms with Crippen LogP contribution in [0.3, 0.4) is 0 Å². The summed E-state index contributed by atoms with van der Waals surface area (Å²) in [6, 6.07) is 32.1. The highest BCUT2D eigenvalue weighted by molar-refractivity contribution is 7.13. The number of hydrogen-bond acceptors (Lipinski definition) is 10. The lowest BCUT2D eigenvalue weighted by molar-refractivity contribution is -0.144. The van der Waals surface area contributed by atoms with Gasteiger partial charge < -0.3 is 39.8 Å². The van der Waals surface area contributed by atoms with E-state index in [1.807, 2.05) is 112 Å². The van der Waals surface area contributed by atoms with Crippen LogP contribution < -0.4 is 15.4 Å². The van der Waals surface area contributed by atoms with Crippen LogP contribution in [-0.2, 0) is 35.2 Å². The zero-order valence-corrected chi connectivity index (χ0v) is 41.6. The van der Waals surface area contributed by atoms with Gasteiger partial charge in [-0.3, -0.25) is 19.2 Å². The van der Waals surface area contributed by atoms with Crippen LogP contribution in [0.1, 0.15) is 87.7 Å². The summed E-state index contributed by atoms with van der Waals surface area (Å²) in [7, 11) is 1.74. The van der Waals surface area contributed by atoms with Gasteiger partial charge in [-0.15, -0.1) is 11.3 Å². The van der Waals surface area contributed by atoms with E-state index in [9.17, 15) is 24.3 Å². The Balaban J connectivity index is 0.860. The zero-order chi connectivity index (χ0) is 49.3. The van der Waals surface area contributed by atoms with E-state index in [2.05, 4.69) is 34.7 Å². The Morgan fingerprint density at radius 2 is 1.49 bits per heavy atom. The highest BCUT2D eigenvalue weighted by Gasteiger charge is 2.41. The third kappa shape index (κ3) is 14.8. The average Bonchev–Trinajstić information content (AvgIpc) is 4.03. The predicted octanol–water partition coefficient (Wildman–Crippen LogP) is 8.68. The number of aromatic nitrogens is 1. The lowest BCUT2D eigenvalue weighted by atomic mass is 9.85. The van der Waals surface area contributed by atoms with Crippen molar-refractivity contribution < 1.29 is 38.5 Å². The van der Waals surface area contributed by atoms with Crippen LogP contribution in [0.15, 0.2) is 109 Å². The summed E-state index contributed by atoms with van der Waals surface area (Å²) in [6.07, 6.45) is 2.32. The van der Waals surface area contributed by atoms with Crippen molar-refractivity contribution in [1.82, 2.24) is 25.4 Å². The molecule has 1 aliphatic heterocycles. The number of ether oxygens (including phenoxy) is 3. The summed E-state index contributed by atoms with van der Waals surface area (Å²) >= 11 is 1.59. The summed E-state index contributed by atoms with van der Waals surface area (Å²) in [6.45, 7) is 12.2. The molecule has 2 atom stereocenters. The van der Waals surface area contributed by atoms with Crippen LogP contribution in [0, 0.1) is 12.3 Å². The van der Waals surface area contributed by atoms with Crippen molar-refractivity contribution in [2.45, 2.75) is 85.4 Å². The molecule has 4 amide bonds. The van der Waals surface area contributed by atoms with Crippen molar-refractivity contribution in [1.29, 1.82) is 0 Å². The number of likely N-dealkylation sites (tertiary alicyclic amines) is 1. The van der Waals surface area contributed by atoms with Gasteiger partial charge in [-0.1, -0.05) is 107 Å². The van der Waals surface area contributed by atoms with Crippen molar-refractivity contribution in [3.63, 3.8) is 0 Å². The molecular formula is C55H67N5O8S. The van der Waals surface area contributed by atoms with E-state index in [0.717, 1.165) is 50.4 Å². The number of rotatable bonds is 23. The largest absolute Gasteiger partial charge is 0.508 e. The first-order chi connectivity index (χ1) is 33.2. The summed E-state index contributed by atoms with van der Waals surface area (Å²) in [4.78, 5) is 61.9. The number of phenolic OH excluding ortho intramolecular Hbond substituents is 1. The molecule has 13 nitrogen and oxygen atoms in total. The Kier molecular flexibility index (Phi) is 19.1. The second-order valence-electron chi connectivity index (χ2n) is 18.3. The SMILES string of the molecule is CC/C(=C(\c1ccc(O)cc1)c1ccc(OCCN(C)C(=O)CCOCCOCCC(=O)NC(C(=O)N2CCC[C@H]2C(=O)NCc2ccc(-c3scnc3C)cc2)C(C)(C)C)cc1)c1ccccc1. The highest BCUT2D eigenvalue weighted by Crippen LogP contribution is 2.36. The van der Waals surface area contributed by atoms with Crippen molar-refractivity contribution in [3.8, 4) is 21.9 Å². The molecule has 366 valence electrons. The van der Waals surface area contributed by atoms with Gasteiger partial charge in [0.15, 0.2) is 0 Å². The maximum atomic E-state index is 13.9. The second kappa shape index (κ2) is 25.3. The van der Waals surface area contributed by atoms with Gasteiger partial charge in [0.1, 0.15) is 30.2 Å². The summed E-state index contributed by atoms with van der Waals surface area (Å²) < 4.78 is 17.3. The van der Waals surface area contributed by atoms with Crippen molar-refractivity contribution >= 4 is 46.1 Å². The number of nitrogens with zero attached hydrogens (tertiary/aromatic N) is 3. The molecule has 1 fully saturated rings. The van der Waals surface area contributed by atoms with E-state index in [1.54, 1.807) is 40.3 Å². The maximum Gasteiger partial charge on any atom is 0.246 e. The van der Waals surface area contributed by atoms with Crippen LogP contribution in [-0.4, -0.2) is 109 Å². The first-order valence-electron chi connectivity index (χ1n) is 23.8. The number of hydrogen-bond donors (Lipinski definition) is 3. The van der Waals surface area contributed by atoms with Crippen molar-refractivity contribution in [3.05, 3.63) is 137 Å². The first kappa shape index (κ1) is 52.0. The molecule has 1 unspecified atom stereocenters. The quantitative estimate of drug-likeness (QED) is 0.0430. The monoisotopic (exact) mass is 957 g/mol. The van der Waals surface area contributed by atoms with Crippen LogP contribution in [0.5, 0.6) is 11.5 Å². The van der Waals surface area contributed by atoms with Crippen LogP contribution in [0.4, 0.5) is 0 Å². The zero-order valence-electron chi connectivity index (χ0n) is 40.8. The lowest BCUT2D eigenvalue weighted by Gasteiger charge is -2.35. The average molecular weight is 958 g/mol. The number of aromatic hydroxyl groups is 1. The molecular weight excluding hydrogens is 891 g/mol. The second-order valence-corrected chi connectivity index (χ2v) is 19.1. The molecule has 0 saturated carbocycles. The van der Waals surface area contributed by atoms with Gasteiger partial charge in [0.2, 0.25) is 23.6 Å². The minimum Gasteiger partial charge on any atom is -0.508 e. The molecule has 14 heteroatoms. The lowest BCUT2D eigenvalue weighted by Crippen LogP contribution is -2.57. The molecule has 1 aromatic heterocycles. The minimum absolute atomic E-state index is 0.0482. The number of allylic oxidation sites excluding steroid dienone is 1.